The summed E-state index contributed by atoms with van der Waals surface area (Å²) in [5, 5.41) is 3.15. The standard InChI is InChI=1S/C20H21N3O4S/c1-23(28(24,25)18-12-10-17(27-3)11-13-18)19-5-4-14-21-20(19)22-15-6-8-16(26-2)9-7-15/h4-14H,1-3H3,(H,21,22). The Labute approximate surface area is 164 Å². The van der Waals surface area contributed by atoms with Gasteiger partial charge in [0, 0.05) is 18.9 Å². The number of ether oxygens (including phenoxy) is 2. The van der Waals surface area contributed by atoms with E-state index < -0.39 is 10.0 Å². The van der Waals surface area contributed by atoms with Gasteiger partial charge in [-0.3, -0.25) is 4.31 Å². The number of pyridine rings is 1. The molecule has 0 radical (unpaired) electrons. The first-order chi connectivity index (χ1) is 13.5. The molecule has 7 nitrogen and oxygen atoms in total. The van der Waals surface area contributed by atoms with Crippen molar-refractivity contribution < 1.29 is 17.9 Å². The number of nitrogens with zero attached hydrogens (tertiary/aromatic N) is 2. The van der Waals surface area contributed by atoms with E-state index in [1.54, 1.807) is 37.6 Å². The van der Waals surface area contributed by atoms with Gasteiger partial charge < -0.3 is 14.8 Å². The lowest BCUT2D eigenvalue weighted by Gasteiger charge is -2.22. The van der Waals surface area contributed by atoms with Gasteiger partial charge in [-0.2, -0.15) is 0 Å². The lowest BCUT2D eigenvalue weighted by molar-refractivity contribution is 0.414. The van der Waals surface area contributed by atoms with Crippen LogP contribution < -0.4 is 19.1 Å². The van der Waals surface area contributed by atoms with Crippen LogP contribution in [0.3, 0.4) is 0 Å². The fourth-order valence-electron chi connectivity index (χ4n) is 2.59. The summed E-state index contributed by atoms with van der Waals surface area (Å²) < 4.78 is 37.5. The first-order valence-electron chi connectivity index (χ1n) is 8.45. The van der Waals surface area contributed by atoms with Crippen molar-refractivity contribution in [3.8, 4) is 11.5 Å². The van der Waals surface area contributed by atoms with Gasteiger partial charge in [-0.25, -0.2) is 13.4 Å². The van der Waals surface area contributed by atoms with Gasteiger partial charge in [-0.05, 0) is 60.7 Å². The second-order valence-electron chi connectivity index (χ2n) is 5.87. The number of nitrogens with one attached hydrogen (secondary N) is 1. The number of hydrogen-bond donors (Lipinski definition) is 1. The van der Waals surface area contributed by atoms with Crippen molar-refractivity contribution in [2.24, 2.45) is 0 Å². The molecule has 0 aliphatic rings. The smallest absolute Gasteiger partial charge is 0.264 e. The van der Waals surface area contributed by atoms with Gasteiger partial charge in [0.1, 0.15) is 11.5 Å². The second-order valence-corrected chi connectivity index (χ2v) is 7.84. The molecule has 1 aromatic heterocycles. The molecule has 28 heavy (non-hydrogen) atoms. The Bertz CT molecular complexity index is 1040. The molecule has 0 saturated heterocycles. The highest BCUT2D eigenvalue weighted by Crippen LogP contribution is 2.30. The van der Waals surface area contributed by atoms with Crippen LogP contribution in [0.15, 0.2) is 71.8 Å². The third-order valence-corrected chi connectivity index (χ3v) is 5.98. The van der Waals surface area contributed by atoms with E-state index in [9.17, 15) is 8.42 Å². The van der Waals surface area contributed by atoms with E-state index in [0.717, 1.165) is 11.4 Å². The molecule has 0 fully saturated rings. The molecule has 0 spiro atoms. The third kappa shape index (κ3) is 4.01. The van der Waals surface area contributed by atoms with Crippen molar-refractivity contribution >= 4 is 27.2 Å². The molecule has 0 atom stereocenters. The Kier molecular flexibility index (Phi) is 5.70. The molecule has 0 unspecified atom stereocenters. The van der Waals surface area contributed by atoms with Crippen LogP contribution in [0.1, 0.15) is 0 Å². The van der Waals surface area contributed by atoms with Gasteiger partial charge in [0.2, 0.25) is 0 Å². The van der Waals surface area contributed by atoms with E-state index in [-0.39, 0.29) is 4.90 Å². The highest BCUT2D eigenvalue weighted by Gasteiger charge is 2.24. The molecule has 1 heterocycles. The minimum absolute atomic E-state index is 0.162. The van der Waals surface area contributed by atoms with Gasteiger partial charge in [-0.15, -0.1) is 0 Å². The van der Waals surface area contributed by atoms with E-state index in [1.807, 2.05) is 24.3 Å². The quantitative estimate of drug-likeness (QED) is 0.653. The number of methoxy groups -OCH3 is 2. The normalized spacial score (nSPS) is 11.0. The lowest BCUT2D eigenvalue weighted by atomic mass is 10.3. The SMILES string of the molecule is COc1ccc(Nc2ncccc2N(C)S(=O)(=O)c2ccc(OC)cc2)cc1. The third-order valence-electron chi connectivity index (χ3n) is 4.20. The van der Waals surface area contributed by atoms with Crippen molar-refractivity contribution in [3.63, 3.8) is 0 Å². The largest absolute Gasteiger partial charge is 0.497 e. The maximum Gasteiger partial charge on any atom is 0.264 e. The molecule has 2 aromatic carbocycles. The zero-order valence-corrected chi connectivity index (χ0v) is 16.6. The summed E-state index contributed by atoms with van der Waals surface area (Å²) in [4.78, 5) is 4.47. The van der Waals surface area contributed by atoms with Crippen molar-refractivity contribution in [1.29, 1.82) is 0 Å². The summed E-state index contributed by atoms with van der Waals surface area (Å²) in [6.45, 7) is 0. The molecule has 0 bridgehead atoms. The summed E-state index contributed by atoms with van der Waals surface area (Å²) in [6.07, 6.45) is 1.60. The van der Waals surface area contributed by atoms with Gasteiger partial charge in [0.25, 0.3) is 10.0 Å². The van der Waals surface area contributed by atoms with E-state index in [1.165, 1.54) is 30.6 Å². The topological polar surface area (TPSA) is 80.8 Å². The van der Waals surface area contributed by atoms with Crippen LogP contribution >= 0.6 is 0 Å². The Hall–Kier alpha value is -3.26. The van der Waals surface area contributed by atoms with Crippen LogP contribution in [0, 0.1) is 0 Å². The first kappa shape index (κ1) is 19.5. The highest BCUT2D eigenvalue weighted by molar-refractivity contribution is 7.92. The molecule has 3 aromatic rings. The zero-order valence-electron chi connectivity index (χ0n) is 15.8. The maximum absolute atomic E-state index is 13.0. The van der Waals surface area contributed by atoms with Crippen LogP contribution in [0.2, 0.25) is 0 Å². The van der Waals surface area contributed by atoms with E-state index in [2.05, 4.69) is 10.3 Å². The fraction of sp³-hybridized carbons (Fsp3) is 0.150. The van der Waals surface area contributed by atoms with Crippen LogP contribution in [-0.2, 0) is 10.0 Å². The Balaban J connectivity index is 1.91. The number of rotatable bonds is 7. The number of aromatic nitrogens is 1. The molecule has 3 rings (SSSR count). The van der Waals surface area contributed by atoms with Crippen molar-refractivity contribution in [1.82, 2.24) is 4.98 Å². The lowest BCUT2D eigenvalue weighted by Crippen LogP contribution is -2.27. The first-order valence-corrected chi connectivity index (χ1v) is 9.89. The van der Waals surface area contributed by atoms with Crippen LogP contribution in [0.25, 0.3) is 0 Å². The monoisotopic (exact) mass is 399 g/mol. The van der Waals surface area contributed by atoms with Gasteiger partial charge >= 0.3 is 0 Å². The van der Waals surface area contributed by atoms with Crippen LogP contribution in [0.4, 0.5) is 17.2 Å². The Morgan fingerprint density at radius 3 is 2.04 bits per heavy atom. The molecular weight excluding hydrogens is 378 g/mol. The fourth-order valence-corrected chi connectivity index (χ4v) is 3.80. The van der Waals surface area contributed by atoms with E-state index in [4.69, 9.17) is 9.47 Å². The average Bonchev–Trinajstić information content (AvgIpc) is 2.74. The molecule has 0 aliphatic carbocycles. The summed E-state index contributed by atoms with van der Waals surface area (Å²) in [5.74, 6) is 1.74. The molecule has 146 valence electrons. The number of sulfonamides is 1. The zero-order chi connectivity index (χ0) is 20.1. The molecule has 1 N–H and O–H groups in total. The van der Waals surface area contributed by atoms with Crippen molar-refractivity contribution in [2.45, 2.75) is 4.90 Å². The van der Waals surface area contributed by atoms with Crippen LogP contribution in [0.5, 0.6) is 11.5 Å². The summed E-state index contributed by atoms with van der Waals surface area (Å²) in [5.41, 5.74) is 1.19. The number of anilines is 3. The molecule has 8 heteroatoms. The maximum atomic E-state index is 13.0. The minimum atomic E-state index is -3.76. The predicted molar refractivity (Wildman–Crippen MR) is 109 cm³/mol. The van der Waals surface area contributed by atoms with Crippen LogP contribution in [-0.4, -0.2) is 34.7 Å². The number of hydrogen-bond acceptors (Lipinski definition) is 6. The number of benzene rings is 2. The minimum Gasteiger partial charge on any atom is -0.497 e. The second kappa shape index (κ2) is 8.18. The summed E-state index contributed by atoms with van der Waals surface area (Å²) >= 11 is 0. The van der Waals surface area contributed by atoms with E-state index in [0.29, 0.717) is 17.3 Å². The summed E-state index contributed by atoms with van der Waals surface area (Å²) in [6, 6.07) is 16.9. The molecular formula is C20H21N3O4S. The van der Waals surface area contributed by atoms with E-state index >= 15 is 0 Å². The van der Waals surface area contributed by atoms with Gasteiger partial charge in [-0.1, -0.05) is 0 Å². The predicted octanol–water partition coefficient (Wildman–Crippen LogP) is 3.67. The molecule has 0 amide bonds. The Morgan fingerprint density at radius 2 is 1.46 bits per heavy atom. The highest BCUT2D eigenvalue weighted by atomic mass is 32.2. The van der Waals surface area contributed by atoms with Gasteiger partial charge in [0.15, 0.2) is 5.82 Å². The summed E-state index contributed by atoms with van der Waals surface area (Å²) in [7, 11) is 0.857. The molecule has 0 aliphatic heterocycles. The van der Waals surface area contributed by atoms with Crippen molar-refractivity contribution in [3.05, 3.63) is 66.9 Å². The van der Waals surface area contributed by atoms with Crippen molar-refractivity contribution in [2.75, 3.05) is 30.9 Å². The molecule has 0 saturated carbocycles. The van der Waals surface area contributed by atoms with Gasteiger partial charge in [0.05, 0.1) is 24.8 Å². The Morgan fingerprint density at radius 1 is 0.893 bits per heavy atom. The average molecular weight is 399 g/mol.